The summed E-state index contributed by atoms with van der Waals surface area (Å²) in [6, 6.07) is 0. The number of halogens is 4. The number of rotatable bonds is 6. The molecule has 0 heterocycles. The van der Waals surface area contributed by atoms with Crippen LogP contribution in [0.2, 0.25) is 0 Å². The maximum absolute atomic E-state index is 13.8. The van der Waals surface area contributed by atoms with Crippen molar-refractivity contribution in [1.29, 1.82) is 0 Å². The molecule has 0 aromatic rings. The molecule has 4 aliphatic rings. The van der Waals surface area contributed by atoms with E-state index in [-0.39, 0.29) is 18.4 Å². The van der Waals surface area contributed by atoms with Gasteiger partial charge in [-0.3, -0.25) is 4.55 Å². The first-order valence-electron chi connectivity index (χ1n) is 8.46. The zero-order chi connectivity index (χ0) is 20.3. The molecule has 4 rings (SSSR count). The molecule has 4 fully saturated rings. The van der Waals surface area contributed by atoms with Crippen LogP contribution in [0, 0.1) is 11.8 Å². The molecule has 4 saturated carbocycles. The first kappa shape index (κ1) is 20.7. The van der Waals surface area contributed by atoms with Crippen LogP contribution in [0.15, 0.2) is 0 Å². The Balaban J connectivity index is 1.58. The van der Waals surface area contributed by atoms with Gasteiger partial charge in [-0.15, -0.1) is 0 Å². The lowest BCUT2D eigenvalue weighted by Crippen LogP contribution is -2.60. The van der Waals surface area contributed by atoms with Gasteiger partial charge in [0, 0.05) is 6.42 Å². The van der Waals surface area contributed by atoms with Crippen LogP contribution in [0.25, 0.3) is 0 Å². The van der Waals surface area contributed by atoms with Crippen molar-refractivity contribution in [3.63, 3.8) is 0 Å². The lowest BCUT2D eigenvalue weighted by atomic mass is 9.52. The topological polar surface area (TPSA) is 110 Å². The van der Waals surface area contributed by atoms with Crippen molar-refractivity contribution in [3.8, 4) is 0 Å². The molecule has 0 aromatic heterocycles. The fourth-order valence-corrected chi connectivity index (χ4v) is 5.71. The number of hydrogen-bond acceptors (Lipinski definition) is 6. The molecular formula is C15H20F4O7S. The molecule has 0 radical (unpaired) electrons. The summed E-state index contributed by atoms with van der Waals surface area (Å²) in [5.41, 5.74) is -1.51. The molecule has 156 valence electrons. The Morgan fingerprint density at radius 1 is 1.07 bits per heavy atom. The number of hydrogen-bond donors (Lipinski definition) is 2. The van der Waals surface area contributed by atoms with E-state index in [4.69, 9.17) is 9.29 Å². The highest BCUT2D eigenvalue weighted by Crippen LogP contribution is 2.58. The molecule has 4 bridgehead atoms. The summed E-state index contributed by atoms with van der Waals surface area (Å²) in [7, 11) is -6.44. The smallest absolute Gasteiger partial charge is 0.451 e. The van der Waals surface area contributed by atoms with E-state index in [1.807, 2.05) is 0 Å². The molecule has 0 aromatic carbocycles. The molecule has 7 nitrogen and oxygen atoms in total. The standard InChI is InChI=1S/C15H20F4O7S/c16-14(15(17,18)19,27(22,23)24)11(20)25-1-2-26-13-6-9-3-10(7-13)5-12(21,4-9)8-13/h9-10,21H,1-8H2,(H,22,23,24). The summed E-state index contributed by atoms with van der Waals surface area (Å²) in [4.78, 5) is 11.4. The number of aliphatic hydroxyl groups is 1. The largest absolute Gasteiger partial charge is 0.460 e. The number of alkyl halides is 4. The normalized spacial score (nSPS) is 37.9. The Morgan fingerprint density at radius 2 is 1.63 bits per heavy atom. The summed E-state index contributed by atoms with van der Waals surface area (Å²) in [5, 5.41) is 5.00. The van der Waals surface area contributed by atoms with Crippen molar-refractivity contribution >= 4 is 16.1 Å². The molecule has 3 atom stereocenters. The zero-order valence-electron chi connectivity index (χ0n) is 14.2. The van der Waals surface area contributed by atoms with Crippen LogP contribution < -0.4 is 0 Å². The first-order chi connectivity index (χ1) is 12.2. The predicted molar refractivity (Wildman–Crippen MR) is 80.7 cm³/mol. The number of ether oxygens (including phenoxy) is 2. The average molecular weight is 420 g/mol. The number of carbonyl (C=O) groups excluding carboxylic acids is 1. The van der Waals surface area contributed by atoms with E-state index in [0.717, 1.165) is 6.42 Å². The van der Waals surface area contributed by atoms with E-state index in [1.165, 1.54) is 0 Å². The van der Waals surface area contributed by atoms with Gasteiger partial charge in [0.05, 0.1) is 17.8 Å². The molecule has 0 spiro atoms. The third-order valence-electron chi connectivity index (χ3n) is 5.68. The van der Waals surface area contributed by atoms with Crippen molar-refractivity contribution in [2.45, 2.75) is 60.9 Å². The van der Waals surface area contributed by atoms with Crippen LogP contribution in [0.3, 0.4) is 0 Å². The Bertz CT molecular complexity index is 708. The minimum atomic E-state index is -6.44. The number of esters is 1. The monoisotopic (exact) mass is 420 g/mol. The van der Waals surface area contributed by atoms with E-state index < -0.39 is 45.1 Å². The van der Waals surface area contributed by atoms with Crippen molar-refractivity contribution in [1.82, 2.24) is 0 Å². The van der Waals surface area contributed by atoms with Crippen molar-refractivity contribution < 1.29 is 49.9 Å². The van der Waals surface area contributed by atoms with Gasteiger partial charge in [-0.25, -0.2) is 9.18 Å². The van der Waals surface area contributed by atoms with Crippen LogP contribution in [0.5, 0.6) is 0 Å². The highest BCUT2D eigenvalue weighted by Gasteiger charge is 2.72. The maximum atomic E-state index is 13.8. The molecule has 3 unspecified atom stereocenters. The van der Waals surface area contributed by atoms with Crippen LogP contribution in [-0.2, 0) is 24.4 Å². The third kappa shape index (κ3) is 3.56. The quantitative estimate of drug-likeness (QED) is 0.292. The number of carbonyl (C=O) groups is 1. The first-order valence-corrected chi connectivity index (χ1v) is 9.90. The van der Waals surface area contributed by atoms with Gasteiger partial charge in [-0.2, -0.15) is 21.6 Å². The minimum Gasteiger partial charge on any atom is -0.460 e. The van der Waals surface area contributed by atoms with E-state index in [1.54, 1.807) is 0 Å². The van der Waals surface area contributed by atoms with Gasteiger partial charge >= 0.3 is 27.3 Å². The summed E-state index contributed by atoms with van der Waals surface area (Å²) in [5.74, 6) is -2.21. The second kappa shape index (κ2) is 6.26. The van der Waals surface area contributed by atoms with Gasteiger partial charge in [0.25, 0.3) is 0 Å². The molecule has 27 heavy (non-hydrogen) atoms. The predicted octanol–water partition coefficient (Wildman–Crippen LogP) is 1.75. The fraction of sp³-hybridized carbons (Fsp3) is 0.933. The molecule has 0 amide bonds. The van der Waals surface area contributed by atoms with E-state index in [0.29, 0.717) is 32.1 Å². The molecule has 2 N–H and O–H groups in total. The molecule has 0 saturated heterocycles. The Morgan fingerprint density at radius 3 is 2.07 bits per heavy atom. The van der Waals surface area contributed by atoms with Crippen LogP contribution in [-0.4, -0.2) is 59.6 Å². The summed E-state index contributed by atoms with van der Waals surface area (Å²) in [6.07, 6.45) is -2.18. The average Bonchev–Trinajstić information content (AvgIpc) is 2.45. The van der Waals surface area contributed by atoms with Crippen molar-refractivity contribution in [2.75, 3.05) is 13.2 Å². The van der Waals surface area contributed by atoms with Gasteiger partial charge < -0.3 is 14.6 Å². The van der Waals surface area contributed by atoms with Crippen molar-refractivity contribution in [2.24, 2.45) is 11.8 Å². The summed E-state index contributed by atoms with van der Waals surface area (Å²) in [6.45, 7) is -1.22. The highest BCUT2D eigenvalue weighted by atomic mass is 32.2. The second-order valence-electron chi connectivity index (χ2n) is 7.92. The Hall–Kier alpha value is -0.980. The Labute approximate surface area is 152 Å². The maximum Gasteiger partial charge on any atom is 0.451 e. The van der Waals surface area contributed by atoms with Crippen LogP contribution in [0.1, 0.15) is 38.5 Å². The van der Waals surface area contributed by atoms with Crippen LogP contribution in [0.4, 0.5) is 17.6 Å². The second-order valence-corrected chi connectivity index (χ2v) is 9.43. The molecule has 4 aliphatic carbocycles. The SMILES string of the molecule is O=C(OCCOC12CC3CC(CC(O)(C3)C1)C2)C(F)(C(F)(F)F)S(=O)(=O)O. The summed E-state index contributed by atoms with van der Waals surface area (Å²) >= 11 is 0. The van der Waals surface area contributed by atoms with E-state index in [2.05, 4.69) is 4.74 Å². The van der Waals surface area contributed by atoms with Gasteiger partial charge in [0.1, 0.15) is 6.61 Å². The lowest BCUT2D eigenvalue weighted by molar-refractivity contribution is -0.229. The van der Waals surface area contributed by atoms with Gasteiger partial charge in [-0.05, 0) is 43.9 Å². The van der Waals surface area contributed by atoms with Crippen molar-refractivity contribution in [3.05, 3.63) is 0 Å². The molecule has 12 heteroatoms. The lowest BCUT2D eigenvalue weighted by Gasteiger charge is -2.59. The van der Waals surface area contributed by atoms with Gasteiger partial charge in [0.15, 0.2) is 0 Å². The fourth-order valence-electron chi connectivity index (χ4n) is 5.15. The van der Waals surface area contributed by atoms with E-state index >= 15 is 0 Å². The molecule has 0 aliphatic heterocycles. The van der Waals surface area contributed by atoms with Gasteiger partial charge in [0.2, 0.25) is 0 Å². The minimum absolute atomic E-state index is 0.280. The highest BCUT2D eigenvalue weighted by molar-refractivity contribution is 7.88. The van der Waals surface area contributed by atoms with Crippen LogP contribution >= 0.6 is 0 Å². The van der Waals surface area contributed by atoms with Gasteiger partial charge in [-0.1, -0.05) is 0 Å². The van der Waals surface area contributed by atoms with E-state index in [9.17, 15) is 35.9 Å². The Kier molecular flexibility index (Phi) is 4.81. The zero-order valence-corrected chi connectivity index (χ0v) is 15.0. The third-order valence-corrected chi connectivity index (χ3v) is 6.79. The molecular weight excluding hydrogens is 400 g/mol. The summed E-state index contributed by atoms with van der Waals surface area (Å²) < 4.78 is 91.4.